The molecule has 7 nitrogen and oxygen atoms in total. The molecule has 1 aromatic carbocycles. The Morgan fingerprint density at radius 3 is 2.22 bits per heavy atom. The van der Waals surface area contributed by atoms with E-state index in [-0.39, 0.29) is 24.9 Å². The molecule has 2 rings (SSSR count). The van der Waals surface area contributed by atoms with Gasteiger partial charge in [0.2, 0.25) is 0 Å². The van der Waals surface area contributed by atoms with E-state index in [2.05, 4.69) is 5.32 Å². The molecule has 1 aliphatic heterocycles. The van der Waals surface area contributed by atoms with Crippen LogP contribution in [0.3, 0.4) is 0 Å². The maximum atomic E-state index is 12.4. The maximum absolute atomic E-state index is 12.4. The molecular weight excluding hydrogens is 348 g/mol. The highest BCUT2D eigenvalue weighted by atomic mass is 16.6. The Hall–Kier alpha value is -2.57. The van der Waals surface area contributed by atoms with Crippen molar-refractivity contribution in [1.29, 1.82) is 0 Å². The largest absolute Gasteiger partial charge is 0.467 e. The second-order valence-corrected chi connectivity index (χ2v) is 6.94. The van der Waals surface area contributed by atoms with Crippen molar-refractivity contribution in [2.45, 2.75) is 58.7 Å². The van der Waals surface area contributed by atoms with E-state index in [0.717, 1.165) is 0 Å². The summed E-state index contributed by atoms with van der Waals surface area (Å²) in [6, 6.07) is 7.64. The van der Waals surface area contributed by atoms with Gasteiger partial charge in [-0.3, -0.25) is 9.69 Å². The zero-order chi connectivity index (χ0) is 20.6. The van der Waals surface area contributed by atoms with Gasteiger partial charge in [0.25, 0.3) is 5.91 Å². The summed E-state index contributed by atoms with van der Waals surface area (Å²) >= 11 is 0. The van der Waals surface area contributed by atoms with Crippen molar-refractivity contribution in [1.82, 2.24) is 10.2 Å². The lowest BCUT2D eigenvalue weighted by Gasteiger charge is -2.27. The fraction of sp³-hybridized carbons (Fsp3) is 0.550. The number of rotatable bonds is 3. The van der Waals surface area contributed by atoms with Crippen LogP contribution in [-0.4, -0.2) is 54.2 Å². The molecule has 1 fully saturated rings. The van der Waals surface area contributed by atoms with Crippen LogP contribution >= 0.6 is 0 Å². The second kappa shape index (κ2) is 9.94. The first-order chi connectivity index (χ1) is 12.7. The average Bonchev–Trinajstić information content (AvgIpc) is 3.06. The quantitative estimate of drug-likeness (QED) is 0.818. The minimum atomic E-state index is -0.777. The van der Waals surface area contributed by atoms with Crippen molar-refractivity contribution in [2.75, 3.05) is 13.7 Å². The third kappa shape index (κ3) is 6.58. The lowest BCUT2D eigenvalue weighted by molar-refractivity contribution is -0.145. The molecule has 1 aromatic rings. The van der Waals surface area contributed by atoms with Crippen LogP contribution in [0.5, 0.6) is 0 Å². The van der Waals surface area contributed by atoms with Gasteiger partial charge in [0.15, 0.2) is 0 Å². The molecule has 2 amide bonds. The number of amides is 2. The molecule has 0 radical (unpaired) electrons. The zero-order valence-corrected chi connectivity index (χ0v) is 16.9. The highest BCUT2D eigenvalue weighted by Gasteiger charge is 2.42. The molecule has 0 spiro atoms. The third-order valence-electron chi connectivity index (χ3n) is 3.77. The minimum Gasteiger partial charge on any atom is -0.467 e. The van der Waals surface area contributed by atoms with Crippen molar-refractivity contribution >= 4 is 18.0 Å². The van der Waals surface area contributed by atoms with Crippen LogP contribution in [0.1, 0.15) is 51.4 Å². The first kappa shape index (κ1) is 22.5. The summed E-state index contributed by atoms with van der Waals surface area (Å²) in [5.74, 6) is -0.775. The van der Waals surface area contributed by atoms with E-state index in [1.807, 2.05) is 19.9 Å². The number of methoxy groups -OCH3 is 1. The number of carbonyl (C=O) groups excluding carboxylic acids is 3. The zero-order valence-electron chi connectivity index (χ0n) is 16.9. The number of nitrogens with zero attached hydrogens (tertiary/aromatic N) is 1. The van der Waals surface area contributed by atoms with Crippen LogP contribution in [0.15, 0.2) is 30.3 Å². The summed E-state index contributed by atoms with van der Waals surface area (Å²) < 4.78 is 10.1. The number of likely N-dealkylation sites (tertiary alicyclic amines) is 1. The number of ether oxygens (including phenoxy) is 2. The van der Waals surface area contributed by atoms with Crippen LogP contribution in [0.2, 0.25) is 0 Å². The van der Waals surface area contributed by atoms with Crippen molar-refractivity contribution < 1.29 is 23.9 Å². The van der Waals surface area contributed by atoms with Gasteiger partial charge in [-0.25, -0.2) is 9.59 Å². The number of esters is 1. The van der Waals surface area contributed by atoms with Crippen LogP contribution in [-0.2, 0) is 14.3 Å². The Labute approximate surface area is 161 Å². The first-order valence-electron chi connectivity index (χ1n) is 9.14. The third-order valence-corrected chi connectivity index (χ3v) is 3.77. The molecule has 1 heterocycles. The molecule has 0 aliphatic carbocycles. The lowest BCUT2D eigenvalue weighted by Crippen LogP contribution is -2.44. The fourth-order valence-electron chi connectivity index (χ4n) is 2.68. The second-order valence-electron chi connectivity index (χ2n) is 6.94. The van der Waals surface area contributed by atoms with Gasteiger partial charge in [0.1, 0.15) is 11.6 Å². The Morgan fingerprint density at radius 1 is 1.11 bits per heavy atom. The maximum Gasteiger partial charge on any atom is 0.411 e. The SMILES string of the molecule is CC.COC(=O)[C@@H]1C[C@H](NC(=O)c2ccccc2)CN1C(=O)OC(C)(C)C. The molecule has 1 saturated heterocycles. The smallest absolute Gasteiger partial charge is 0.411 e. The molecule has 1 aliphatic rings. The van der Waals surface area contributed by atoms with Crippen molar-refractivity contribution in [2.24, 2.45) is 0 Å². The molecular formula is C20H30N2O5. The van der Waals surface area contributed by atoms with Gasteiger partial charge >= 0.3 is 12.1 Å². The Morgan fingerprint density at radius 2 is 1.70 bits per heavy atom. The van der Waals surface area contributed by atoms with Gasteiger partial charge < -0.3 is 14.8 Å². The number of hydrogen-bond donors (Lipinski definition) is 1. The Balaban J connectivity index is 0.00000176. The minimum absolute atomic E-state index is 0.188. The van der Waals surface area contributed by atoms with Crippen molar-refractivity contribution in [3.05, 3.63) is 35.9 Å². The molecule has 7 heteroatoms. The summed E-state index contributed by atoms with van der Waals surface area (Å²) in [5, 5.41) is 2.86. The molecule has 0 saturated carbocycles. The van der Waals surface area contributed by atoms with Gasteiger partial charge in [-0.1, -0.05) is 32.0 Å². The lowest BCUT2D eigenvalue weighted by atomic mass is 10.1. The van der Waals surface area contributed by atoms with Crippen molar-refractivity contribution in [3.63, 3.8) is 0 Å². The topological polar surface area (TPSA) is 84.9 Å². The Bertz CT molecular complexity index is 640. The highest BCUT2D eigenvalue weighted by molar-refractivity contribution is 5.94. The van der Waals surface area contributed by atoms with Gasteiger partial charge in [-0.2, -0.15) is 0 Å². The van der Waals surface area contributed by atoms with Crippen molar-refractivity contribution in [3.8, 4) is 0 Å². The molecule has 150 valence electrons. The van der Waals surface area contributed by atoms with Gasteiger partial charge in [-0.15, -0.1) is 0 Å². The normalized spacial score (nSPS) is 18.8. The molecule has 0 unspecified atom stereocenters. The molecule has 0 aromatic heterocycles. The molecule has 2 atom stereocenters. The molecule has 1 N–H and O–H groups in total. The van der Waals surface area contributed by atoms with Gasteiger partial charge in [-0.05, 0) is 32.9 Å². The summed E-state index contributed by atoms with van der Waals surface area (Å²) in [4.78, 5) is 38.0. The van der Waals surface area contributed by atoms with E-state index in [1.54, 1.807) is 45.0 Å². The monoisotopic (exact) mass is 378 g/mol. The van der Waals surface area contributed by atoms with E-state index >= 15 is 0 Å². The van der Waals surface area contributed by atoms with E-state index < -0.39 is 23.7 Å². The summed E-state index contributed by atoms with van der Waals surface area (Å²) in [6.07, 6.45) is -0.316. The van der Waals surface area contributed by atoms with E-state index in [9.17, 15) is 14.4 Å². The number of hydrogen-bond acceptors (Lipinski definition) is 5. The summed E-state index contributed by atoms with van der Waals surface area (Å²) in [6.45, 7) is 9.45. The van der Waals surface area contributed by atoms with E-state index in [1.165, 1.54) is 12.0 Å². The van der Waals surface area contributed by atoms with E-state index in [4.69, 9.17) is 9.47 Å². The number of benzene rings is 1. The standard InChI is InChI=1S/C18H24N2O5.C2H6/c1-18(2,3)25-17(23)20-11-13(10-14(20)16(22)24-4)19-15(21)12-8-6-5-7-9-12;1-2/h5-9,13-14H,10-11H2,1-4H3,(H,19,21);1-2H3/t13-,14-;/m0./s1. The summed E-state index contributed by atoms with van der Waals surface area (Å²) in [7, 11) is 1.27. The number of carbonyl (C=O) groups is 3. The van der Waals surface area contributed by atoms with Gasteiger partial charge in [0.05, 0.1) is 7.11 Å². The predicted molar refractivity (Wildman–Crippen MR) is 102 cm³/mol. The number of nitrogens with one attached hydrogen (secondary N) is 1. The molecule has 0 bridgehead atoms. The summed E-state index contributed by atoms with van der Waals surface area (Å²) in [5.41, 5.74) is -0.156. The average molecular weight is 378 g/mol. The van der Waals surface area contributed by atoms with Crippen LogP contribution < -0.4 is 5.32 Å². The highest BCUT2D eigenvalue weighted by Crippen LogP contribution is 2.22. The van der Waals surface area contributed by atoms with Gasteiger partial charge in [0, 0.05) is 24.6 Å². The molecule has 27 heavy (non-hydrogen) atoms. The first-order valence-corrected chi connectivity index (χ1v) is 9.14. The van der Waals surface area contributed by atoms with Crippen LogP contribution in [0.4, 0.5) is 4.79 Å². The fourth-order valence-corrected chi connectivity index (χ4v) is 2.68. The van der Waals surface area contributed by atoms with E-state index in [0.29, 0.717) is 5.56 Å². The Kier molecular flexibility index (Phi) is 8.28. The predicted octanol–water partition coefficient (Wildman–Crippen LogP) is 2.99. The van der Waals surface area contributed by atoms with Crippen LogP contribution in [0.25, 0.3) is 0 Å². The van der Waals surface area contributed by atoms with Crippen LogP contribution in [0, 0.1) is 0 Å².